The van der Waals surface area contributed by atoms with E-state index in [1.54, 1.807) is 6.07 Å². The Balaban J connectivity index is 2.77. The fourth-order valence-electron chi connectivity index (χ4n) is 1.59. The maximum atomic E-state index is 11.6. The molecule has 0 saturated heterocycles. The first-order valence-electron chi connectivity index (χ1n) is 5.79. The van der Waals surface area contributed by atoms with E-state index >= 15 is 0 Å². The van der Waals surface area contributed by atoms with Crippen molar-refractivity contribution in [1.82, 2.24) is 5.32 Å². The average molecular weight is 281 g/mol. The minimum Gasteiger partial charge on any atom is -0.480 e. The number of aliphatic carboxylic acids is 1. The molecule has 0 aromatic heterocycles. The van der Waals surface area contributed by atoms with Gasteiger partial charge < -0.3 is 15.3 Å². The number of hydrogen-bond donors (Lipinski definition) is 2. The van der Waals surface area contributed by atoms with Gasteiger partial charge in [-0.2, -0.15) is 0 Å². The highest BCUT2D eigenvalue weighted by Crippen LogP contribution is 2.26. The maximum absolute atomic E-state index is 11.6. The van der Waals surface area contributed by atoms with E-state index in [2.05, 4.69) is 5.32 Å². The summed E-state index contributed by atoms with van der Waals surface area (Å²) < 4.78 is 0. The number of carboxylic acids is 1. The van der Waals surface area contributed by atoms with Gasteiger partial charge in [0.05, 0.1) is 11.5 Å². The van der Waals surface area contributed by atoms with Crippen molar-refractivity contribution in [2.45, 2.75) is 13.0 Å². The lowest BCUT2D eigenvalue weighted by molar-refractivity contribution is -0.384. The smallest absolute Gasteiger partial charge is 0.325 e. The SMILES string of the molecule is C[C@@H](NC(=O)CN(C)c1ccccc1[N+](=O)[O-])C(=O)O. The summed E-state index contributed by atoms with van der Waals surface area (Å²) in [6.45, 7) is 1.16. The Kier molecular flexibility index (Phi) is 5.01. The molecule has 8 heteroatoms. The summed E-state index contributed by atoms with van der Waals surface area (Å²) in [7, 11) is 1.52. The number of para-hydroxylation sites is 2. The summed E-state index contributed by atoms with van der Waals surface area (Å²) in [5.41, 5.74) is 0.171. The predicted molar refractivity (Wildman–Crippen MR) is 71.6 cm³/mol. The lowest BCUT2D eigenvalue weighted by Crippen LogP contribution is -2.43. The molecule has 0 bridgehead atoms. The van der Waals surface area contributed by atoms with Crippen LogP contribution in [0.2, 0.25) is 0 Å². The molecule has 108 valence electrons. The number of benzene rings is 1. The minimum absolute atomic E-state index is 0.117. The van der Waals surface area contributed by atoms with Crippen molar-refractivity contribution in [2.75, 3.05) is 18.5 Å². The molecule has 2 N–H and O–H groups in total. The highest BCUT2D eigenvalue weighted by atomic mass is 16.6. The highest BCUT2D eigenvalue weighted by Gasteiger charge is 2.19. The number of carbonyl (C=O) groups excluding carboxylic acids is 1. The molecular formula is C12H15N3O5. The molecule has 0 aliphatic heterocycles. The summed E-state index contributed by atoms with van der Waals surface area (Å²) in [6.07, 6.45) is 0. The van der Waals surface area contributed by atoms with Gasteiger partial charge in [0.2, 0.25) is 5.91 Å². The third-order valence-corrected chi connectivity index (χ3v) is 2.62. The van der Waals surface area contributed by atoms with Crippen LogP contribution in [0.1, 0.15) is 6.92 Å². The largest absolute Gasteiger partial charge is 0.480 e. The molecule has 0 fully saturated rings. The number of carbonyl (C=O) groups is 2. The van der Waals surface area contributed by atoms with Gasteiger partial charge in [-0.15, -0.1) is 0 Å². The second-order valence-electron chi connectivity index (χ2n) is 4.23. The topological polar surface area (TPSA) is 113 Å². The number of nitrogens with zero attached hydrogens (tertiary/aromatic N) is 2. The molecule has 0 saturated carbocycles. The van der Waals surface area contributed by atoms with Crippen LogP contribution < -0.4 is 10.2 Å². The van der Waals surface area contributed by atoms with E-state index in [0.29, 0.717) is 0 Å². The van der Waals surface area contributed by atoms with Crippen molar-refractivity contribution >= 4 is 23.3 Å². The summed E-state index contributed by atoms with van der Waals surface area (Å²) >= 11 is 0. The van der Waals surface area contributed by atoms with Gasteiger partial charge in [0, 0.05) is 13.1 Å². The van der Waals surface area contributed by atoms with E-state index in [0.717, 1.165) is 0 Å². The number of amides is 1. The lowest BCUT2D eigenvalue weighted by atomic mass is 10.2. The summed E-state index contributed by atoms with van der Waals surface area (Å²) in [6, 6.07) is 5.00. The average Bonchev–Trinajstić information content (AvgIpc) is 2.38. The Bertz CT molecular complexity index is 532. The van der Waals surface area contributed by atoms with Gasteiger partial charge in [0.15, 0.2) is 0 Å². The fourth-order valence-corrected chi connectivity index (χ4v) is 1.59. The van der Waals surface area contributed by atoms with Gasteiger partial charge in [-0.25, -0.2) is 0 Å². The number of rotatable bonds is 6. The Labute approximate surface area is 115 Å². The first-order valence-corrected chi connectivity index (χ1v) is 5.79. The first-order chi connectivity index (χ1) is 9.32. The Morgan fingerprint density at radius 2 is 2.05 bits per heavy atom. The first kappa shape index (κ1) is 15.4. The number of nitro groups is 1. The quantitative estimate of drug-likeness (QED) is 0.583. The molecule has 1 amide bonds. The zero-order valence-corrected chi connectivity index (χ0v) is 11.1. The molecule has 0 radical (unpaired) electrons. The number of carboxylic acid groups (broad SMARTS) is 1. The van der Waals surface area contributed by atoms with Crippen molar-refractivity contribution in [3.05, 3.63) is 34.4 Å². The molecular weight excluding hydrogens is 266 g/mol. The predicted octanol–water partition coefficient (Wildman–Crippen LogP) is 0.620. The van der Waals surface area contributed by atoms with Crippen LogP contribution in [0.5, 0.6) is 0 Å². The van der Waals surface area contributed by atoms with Gasteiger partial charge in [-0.1, -0.05) is 12.1 Å². The monoisotopic (exact) mass is 281 g/mol. The van der Waals surface area contributed by atoms with Crippen molar-refractivity contribution in [2.24, 2.45) is 0 Å². The van der Waals surface area contributed by atoms with Crippen LogP contribution in [-0.4, -0.2) is 41.5 Å². The van der Waals surface area contributed by atoms with Crippen LogP contribution in [0.4, 0.5) is 11.4 Å². The third-order valence-electron chi connectivity index (χ3n) is 2.62. The van der Waals surface area contributed by atoms with Crippen LogP contribution >= 0.6 is 0 Å². The van der Waals surface area contributed by atoms with E-state index in [4.69, 9.17) is 5.11 Å². The second kappa shape index (κ2) is 6.50. The summed E-state index contributed by atoms with van der Waals surface area (Å²) in [4.78, 5) is 34.0. The van der Waals surface area contributed by atoms with Crippen molar-refractivity contribution in [3.8, 4) is 0 Å². The second-order valence-corrected chi connectivity index (χ2v) is 4.23. The van der Waals surface area contributed by atoms with E-state index < -0.39 is 22.8 Å². The fraction of sp³-hybridized carbons (Fsp3) is 0.333. The number of anilines is 1. The van der Waals surface area contributed by atoms with E-state index in [1.165, 1.54) is 37.1 Å². The Morgan fingerprint density at radius 1 is 1.45 bits per heavy atom. The Morgan fingerprint density at radius 3 is 2.60 bits per heavy atom. The van der Waals surface area contributed by atoms with E-state index in [1.807, 2.05) is 0 Å². The molecule has 1 rings (SSSR count). The molecule has 1 aromatic carbocycles. The zero-order chi connectivity index (χ0) is 15.3. The lowest BCUT2D eigenvalue weighted by Gasteiger charge is -2.19. The maximum Gasteiger partial charge on any atom is 0.325 e. The minimum atomic E-state index is -1.15. The van der Waals surface area contributed by atoms with E-state index in [-0.39, 0.29) is 17.9 Å². The van der Waals surface area contributed by atoms with Crippen molar-refractivity contribution < 1.29 is 19.6 Å². The van der Waals surface area contributed by atoms with Gasteiger partial charge in [-0.05, 0) is 13.0 Å². The summed E-state index contributed by atoms with van der Waals surface area (Å²) in [5.74, 6) is -1.67. The summed E-state index contributed by atoms with van der Waals surface area (Å²) in [5, 5.41) is 21.8. The number of nitrogens with one attached hydrogen (secondary N) is 1. The molecule has 8 nitrogen and oxygen atoms in total. The number of nitro benzene ring substituents is 1. The number of likely N-dealkylation sites (N-methyl/N-ethyl adjacent to an activating group) is 1. The van der Waals surface area contributed by atoms with Gasteiger partial charge >= 0.3 is 5.97 Å². The van der Waals surface area contributed by atoms with Crippen LogP contribution in [-0.2, 0) is 9.59 Å². The van der Waals surface area contributed by atoms with E-state index in [9.17, 15) is 19.7 Å². The van der Waals surface area contributed by atoms with Crippen molar-refractivity contribution in [3.63, 3.8) is 0 Å². The van der Waals surface area contributed by atoms with Crippen molar-refractivity contribution in [1.29, 1.82) is 0 Å². The molecule has 20 heavy (non-hydrogen) atoms. The molecule has 0 unspecified atom stereocenters. The molecule has 1 atom stereocenters. The van der Waals surface area contributed by atoms with Crippen LogP contribution in [0.15, 0.2) is 24.3 Å². The molecule has 1 aromatic rings. The Hall–Kier alpha value is -2.64. The van der Waals surface area contributed by atoms with Gasteiger partial charge in [-0.3, -0.25) is 19.7 Å². The van der Waals surface area contributed by atoms with Crippen LogP contribution in [0.25, 0.3) is 0 Å². The standard InChI is InChI=1S/C12H15N3O5/c1-8(12(17)18)13-11(16)7-14(2)9-5-3-4-6-10(9)15(19)20/h3-6,8H,7H2,1-2H3,(H,13,16)(H,17,18)/t8-/m1/s1. The molecule has 0 spiro atoms. The van der Waals surface area contributed by atoms with Gasteiger partial charge in [0.1, 0.15) is 11.7 Å². The molecule has 0 heterocycles. The van der Waals surface area contributed by atoms with Crippen LogP contribution in [0.3, 0.4) is 0 Å². The zero-order valence-electron chi connectivity index (χ0n) is 11.1. The molecule has 0 aliphatic rings. The van der Waals surface area contributed by atoms with Crippen LogP contribution in [0, 0.1) is 10.1 Å². The highest BCUT2D eigenvalue weighted by molar-refractivity contribution is 5.86. The van der Waals surface area contributed by atoms with Gasteiger partial charge in [0.25, 0.3) is 5.69 Å². The normalized spacial score (nSPS) is 11.5. The number of hydrogen-bond acceptors (Lipinski definition) is 5. The molecule has 0 aliphatic carbocycles. The third kappa shape index (κ3) is 3.94.